The van der Waals surface area contributed by atoms with Crippen molar-refractivity contribution < 1.29 is 18.9 Å². The van der Waals surface area contributed by atoms with Crippen molar-refractivity contribution in [3.8, 4) is 11.5 Å². The van der Waals surface area contributed by atoms with Gasteiger partial charge in [-0.25, -0.2) is 0 Å². The number of nitrogens with zero attached hydrogens (tertiary/aromatic N) is 2. The van der Waals surface area contributed by atoms with Crippen LogP contribution in [0.5, 0.6) is 11.5 Å². The molecular weight excluding hydrogens is 511 g/mol. The number of morpholine rings is 1. The van der Waals surface area contributed by atoms with Gasteiger partial charge >= 0.3 is 0 Å². The van der Waals surface area contributed by atoms with Crippen LogP contribution in [0.15, 0.2) is 23.2 Å². The molecule has 31 heavy (non-hydrogen) atoms. The first-order valence-electron chi connectivity index (χ1n) is 10.7. The molecule has 0 bridgehead atoms. The molecule has 1 aromatic carbocycles. The largest absolute Gasteiger partial charge is 0.493 e. The SMILES string of the molecule is CCNC(=NCC1(C)COC1)NCC(c1ccc(OC)c(OC)c1)N1CCOCC1.I. The molecule has 0 aliphatic carbocycles. The summed E-state index contributed by atoms with van der Waals surface area (Å²) in [4.78, 5) is 7.25. The van der Waals surface area contributed by atoms with Crippen molar-refractivity contribution in [1.29, 1.82) is 0 Å². The van der Waals surface area contributed by atoms with E-state index in [2.05, 4.69) is 41.5 Å². The second-order valence-corrected chi connectivity index (χ2v) is 8.16. The summed E-state index contributed by atoms with van der Waals surface area (Å²) in [6.07, 6.45) is 0. The van der Waals surface area contributed by atoms with E-state index in [4.69, 9.17) is 23.9 Å². The van der Waals surface area contributed by atoms with Gasteiger partial charge in [0.2, 0.25) is 0 Å². The zero-order chi connectivity index (χ0) is 21.4. The molecule has 2 aliphatic rings. The molecule has 3 rings (SSSR count). The summed E-state index contributed by atoms with van der Waals surface area (Å²) in [5.74, 6) is 2.32. The van der Waals surface area contributed by atoms with Crippen LogP contribution >= 0.6 is 24.0 Å². The first kappa shape index (κ1) is 26.0. The molecule has 1 aromatic rings. The van der Waals surface area contributed by atoms with Gasteiger partial charge in [-0.05, 0) is 24.6 Å². The van der Waals surface area contributed by atoms with Gasteiger partial charge in [-0.15, -0.1) is 24.0 Å². The fourth-order valence-electron chi connectivity index (χ4n) is 3.75. The Bertz CT molecular complexity index is 709. The van der Waals surface area contributed by atoms with E-state index in [0.29, 0.717) is 0 Å². The highest BCUT2D eigenvalue weighted by Crippen LogP contribution is 2.32. The summed E-state index contributed by atoms with van der Waals surface area (Å²) in [5, 5.41) is 6.91. The molecule has 8 nitrogen and oxygen atoms in total. The number of hydrogen-bond acceptors (Lipinski definition) is 6. The second kappa shape index (κ2) is 12.7. The topological polar surface area (TPSA) is 76.6 Å². The second-order valence-electron chi connectivity index (χ2n) is 8.16. The lowest BCUT2D eigenvalue weighted by molar-refractivity contribution is -0.0945. The molecule has 176 valence electrons. The summed E-state index contributed by atoms with van der Waals surface area (Å²) in [7, 11) is 3.33. The van der Waals surface area contributed by atoms with Crippen LogP contribution in [0.25, 0.3) is 0 Å². The van der Waals surface area contributed by atoms with Crippen LogP contribution in [0.4, 0.5) is 0 Å². The van der Waals surface area contributed by atoms with Crippen molar-refractivity contribution in [3.63, 3.8) is 0 Å². The number of hydrogen-bond donors (Lipinski definition) is 2. The van der Waals surface area contributed by atoms with E-state index in [1.54, 1.807) is 14.2 Å². The van der Waals surface area contributed by atoms with Gasteiger partial charge in [-0.1, -0.05) is 13.0 Å². The molecule has 0 aromatic heterocycles. The van der Waals surface area contributed by atoms with Crippen LogP contribution in [-0.2, 0) is 9.47 Å². The van der Waals surface area contributed by atoms with E-state index in [9.17, 15) is 0 Å². The number of ether oxygens (including phenoxy) is 4. The third-order valence-electron chi connectivity index (χ3n) is 5.61. The van der Waals surface area contributed by atoms with Gasteiger partial charge in [0.15, 0.2) is 17.5 Å². The Balaban J connectivity index is 0.00000341. The molecule has 0 amide bonds. The van der Waals surface area contributed by atoms with Crippen LogP contribution in [0, 0.1) is 5.41 Å². The summed E-state index contributed by atoms with van der Waals surface area (Å²) < 4.78 is 21.9. The Kier molecular flexibility index (Phi) is 10.6. The maximum absolute atomic E-state index is 5.57. The van der Waals surface area contributed by atoms with Gasteiger partial charge in [-0.3, -0.25) is 9.89 Å². The molecule has 1 atom stereocenters. The summed E-state index contributed by atoms with van der Waals surface area (Å²) in [5.41, 5.74) is 1.33. The molecule has 2 heterocycles. The summed E-state index contributed by atoms with van der Waals surface area (Å²) >= 11 is 0. The number of aliphatic imine (C=N–C) groups is 1. The first-order valence-corrected chi connectivity index (χ1v) is 10.7. The maximum atomic E-state index is 5.57. The van der Waals surface area contributed by atoms with Crippen molar-refractivity contribution in [2.75, 3.05) is 73.4 Å². The van der Waals surface area contributed by atoms with E-state index in [0.717, 1.165) is 76.6 Å². The molecule has 2 saturated heterocycles. The zero-order valence-corrected chi connectivity index (χ0v) is 21.4. The Labute approximate surface area is 203 Å². The van der Waals surface area contributed by atoms with Crippen LogP contribution in [0.2, 0.25) is 0 Å². The van der Waals surface area contributed by atoms with E-state index in [-0.39, 0.29) is 35.4 Å². The van der Waals surface area contributed by atoms with Crippen molar-refractivity contribution in [3.05, 3.63) is 23.8 Å². The lowest BCUT2D eigenvalue weighted by Crippen LogP contribution is -2.47. The predicted octanol–water partition coefficient (Wildman–Crippen LogP) is 2.29. The molecule has 2 N–H and O–H groups in total. The number of nitrogens with one attached hydrogen (secondary N) is 2. The monoisotopic (exact) mass is 548 g/mol. The highest BCUT2D eigenvalue weighted by molar-refractivity contribution is 14.0. The fraction of sp³-hybridized carbons (Fsp3) is 0.682. The normalized spacial score (nSPS) is 19.5. The van der Waals surface area contributed by atoms with Crippen LogP contribution in [0.1, 0.15) is 25.5 Å². The predicted molar refractivity (Wildman–Crippen MR) is 133 cm³/mol. The lowest BCUT2D eigenvalue weighted by Gasteiger charge is -2.37. The third kappa shape index (κ3) is 7.10. The Morgan fingerprint density at radius 1 is 1.13 bits per heavy atom. The van der Waals surface area contributed by atoms with E-state index >= 15 is 0 Å². The maximum Gasteiger partial charge on any atom is 0.191 e. The highest BCUT2D eigenvalue weighted by Gasteiger charge is 2.33. The molecule has 2 fully saturated rings. The average molecular weight is 548 g/mol. The van der Waals surface area contributed by atoms with Gasteiger partial charge < -0.3 is 29.6 Å². The Hall–Kier alpha value is -1.30. The number of guanidine groups is 1. The standard InChI is InChI=1S/C22H36N4O4.HI/c1-5-23-21(25-14-22(2)15-30-16-22)24-13-18(26-8-10-29-11-9-26)17-6-7-19(27-3)20(12-17)28-4;/h6-7,12,18H,5,8-11,13-16H2,1-4H3,(H2,23,24,25);1H. The summed E-state index contributed by atoms with van der Waals surface area (Å²) in [6.45, 7) is 11.4. The summed E-state index contributed by atoms with van der Waals surface area (Å²) in [6, 6.07) is 6.32. The average Bonchev–Trinajstić information content (AvgIpc) is 2.76. The molecule has 1 unspecified atom stereocenters. The van der Waals surface area contributed by atoms with Crippen molar-refractivity contribution in [2.24, 2.45) is 10.4 Å². The van der Waals surface area contributed by atoms with Crippen molar-refractivity contribution in [1.82, 2.24) is 15.5 Å². The minimum absolute atomic E-state index is 0. The smallest absolute Gasteiger partial charge is 0.191 e. The fourth-order valence-corrected chi connectivity index (χ4v) is 3.75. The minimum Gasteiger partial charge on any atom is -0.493 e. The van der Waals surface area contributed by atoms with Gasteiger partial charge in [0.1, 0.15) is 0 Å². The molecular formula is C22H37IN4O4. The van der Waals surface area contributed by atoms with E-state index in [1.807, 2.05) is 6.07 Å². The van der Waals surface area contributed by atoms with E-state index in [1.165, 1.54) is 5.56 Å². The molecule has 9 heteroatoms. The zero-order valence-electron chi connectivity index (χ0n) is 19.1. The van der Waals surface area contributed by atoms with Crippen LogP contribution < -0.4 is 20.1 Å². The van der Waals surface area contributed by atoms with Gasteiger partial charge in [0.25, 0.3) is 0 Å². The van der Waals surface area contributed by atoms with Gasteiger partial charge in [0, 0.05) is 31.6 Å². The lowest BCUT2D eigenvalue weighted by atomic mass is 9.89. The number of benzene rings is 1. The number of halogens is 1. The third-order valence-corrected chi connectivity index (χ3v) is 5.61. The molecule has 2 aliphatic heterocycles. The first-order chi connectivity index (χ1) is 14.6. The van der Waals surface area contributed by atoms with Crippen LogP contribution in [-0.4, -0.2) is 84.2 Å². The van der Waals surface area contributed by atoms with Gasteiger partial charge in [0.05, 0.1) is 53.2 Å². The highest BCUT2D eigenvalue weighted by atomic mass is 127. The van der Waals surface area contributed by atoms with Crippen LogP contribution in [0.3, 0.4) is 0 Å². The molecule has 0 radical (unpaired) electrons. The minimum atomic E-state index is 0. The molecule has 0 spiro atoms. The van der Waals surface area contributed by atoms with Crippen molar-refractivity contribution in [2.45, 2.75) is 19.9 Å². The molecule has 0 saturated carbocycles. The van der Waals surface area contributed by atoms with Gasteiger partial charge in [-0.2, -0.15) is 0 Å². The Morgan fingerprint density at radius 3 is 2.42 bits per heavy atom. The number of methoxy groups -OCH3 is 2. The quantitative estimate of drug-likeness (QED) is 0.279. The van der Waals surface area contributed by atoms with E-state index < -0.39 is 0 Å². The number of rotatable bonds is 9. The Morgan fingerprint density at radius 2 is 1.84 bits per heavy atom. The van der Waals surface area contributed by atoms with Crippen molar-refractivity contribution >= 4 is 29.9 Å².